The molecule has 0 unspecified atom stereocenters. The number of rotatable bonds is 9. The van der Waals surface area contributed by atoms with Crippen LogP contribution < -0.4 is 5.32 Å². The number of benzene rings is 1. The topological polar surface area (TPSA) is 65.4 Å². The maximum absolute atomic E-state index is 12.5. The summed E-state index contributed by atoms with van der Waals surface area (Å²) in [6.07, 6.45) is 7.24. The highest BCUT2D eigenvalue weighted by Gasteiger charge is 2.37. The molecule has 2 heterocycles. The zero-order valence-corrected chi connectivity index (χ0v) is 17.1. The molecule has 1 aliphatic heterocycles. The number of nitrogens with zero attached hydrogens (tertiary/aromatic N) is 2. The Morgan fingerprint density at radius 3 is 2.75 bits per heavy atom. The van der Waals surface area contributed by atoms with E-state index in [4.69, 9.17) is 9.47 Å². The first-order valence-corrected chi connectivity index (χ1v) is 10.2. The molecule has 1 N–H and O–H groups in total. The molecular formula is C22H31N3O3. The lowest BCUT2D eigenvalue weighted by Gasteiger charge is -2.33. The number of carbonyl (C=O) groups excluding carboxylic acids is 1. The van der Waals surface area contributed by atoms with Gasteiger partial charge < -0.3 is 14.8 Å². The van der Waals surface area contributed by atoms with Crippen LogP contribution in [0.25, 0.3) is 5.69 Å². The van der Waals surface area contributed by atoms with Crippen LogP contribution in [0.4, 0.5) is 0 Å². The largest absolute Gasteiger partial charge is 0.352 e. The summed E-state index contributed by atoms with van der Waals surface area (Å²) in [4.78, 5) is 12.5. The summed E-state index contributed by atoms with van der Waals surface area (Å²) in [5.41, 5.74) is 2.66. The van der Waals surface area contributed by atoms with Crippen LogP contribution in [0.1, 0.15) is 55.5 Å². The van der Waals surface area contributed by atoms with E-state index in [9.17, 15) is 4.79 Å². The van der Waals surface area contributed by atoms with Gasteiger partial charge in [0.05, 0.1) is 30.7 Å². The summed E-state index contributed by atoms with van der Waals surface area (Å²) in [5.74, 6) is -0.0922. The van der Waals surface area contributed by atoms with Crippen molar-refractivity contribution in [2.75, 3.05) is 19.8 Å². The predicted molar refractivity (Wildman–Crippen MR) is 109 cm³/mol. The van der Waals surface area contributed by atoms with Gasteiger partial charge in [-0.15, -0.1) is 0 Å². The summed E-state index contributed by atoms with van der Waals surface area (Å²) >= 11 is 0. The van der Waals surface area contributed by atoms with Crippen molar-refractivity contribution in [3.05, 3.63) is 47.8 Å². The van der Waals surface area contributed by atoms with Gasteiger partial charge in [-0.1, -0.05) is 38.5 Å². The van der Waals surface area contributed by atoms with E-state index in [1.807, 2.05) is 31.2 Å². The van der Waals surface area contributed by atoms with Crippen molar-refractivity contribution in [3.63, 3.8) is 0 Å². The number of ether oxygens (including phenoxy) is 2. The van der Waals surface area contributed by atoms with E-state index in [1.165, 1.54) is 0 Å². The number of aryl methyl sites for hydroxylation is 1. The molecule has 3 rings (SSSR count). The molecule has 0 spiro atoms. The highest BCUT2D eigenvalue weighted by molar-refractivity contribution is 5.93. The number of amides is 1. The van der Waals surface area contributed by atoms with Crippen LogP contribution in [0.5, 0.6) is 0 Å². The van der Waals surface area contributed by atoms with Gasteiger partial charge in [-0.3, -0.25) is 4.79 Å². The molecule has 1 aliphatic rings. The van der Waals surface area contributed by atoms with Gasteiger partial charge in [0.2, 0.25) is 0 Å². The Hall–Kier alpha value is -2.18. The lowest BCUT2D eigenvalue weighted by molar-refractivity contribution is -0.133. The molecule has 6 heteroatoms. The van der Waals surface area contributed by atoms with Gasteiger partial charge in [0.15, 0.2) is 6.29 Å². The minimum Gasteiger partial charge on any atom is -0.352 e. The molecule has 2 aromatic rings. The average molecular weight is 386 g/mol. The van der Waals surface area contributed by atoms with Gasteiger partial charge in [0.25, 0.3) is 5.91 Å². The second-order valence-corrected chi connectivity index (χ2v) is 7.80. The molecule has 1 amide bonds. The molecule has 152 valence electrons. The highest BCUT2D eigenvalue weighted by atomic mass is 16.7. The smallest absolute Gasteiger partial charge is 0.254 e. The molecule has 0 aliphatic carbocycles. The van der Waals surface area contributed by atoms with Crippen molar-refractivity contribution in [2.45, 2.75) is 52.7 Å². The SMILES string of the molecule is CCC[C@@](C)(CCCNC(=O)c1cnn(-c2ccccc2C)c1)C1OCCO1. The Morgan fingerprint density at radius 2 is 2.04 bits per heavy atom. The third kappa shape index (κ3) is 4.80. The van der Waals surface area contributed by atoms with E-state index in [-0.39, 0.29) is 17.6 Å². The molecule has 1 fully saturated rings. The third-order valence-corrected chi connectivity index (χ3v) is 5.43. The van der Waals surface area contributed by atoms with E-state index in [1.54, 1.807) is 17.1 Å². The van der Waals surface area contributed by atoms with Crippen LogP contribution in [0.15, 0.2) is 36.7 Å². The Balaban J connectivity index is 1.51. The van der Waals surface area contributed by atoms with Crippen LogP contribution in [0.2, 0.25) is 0 Å². The molecule has 6 nitrogen and oxygen atoms in total. The Labute approximate surface area is 167 Å². The zero-order valence-electron chi connectivity index (χ0n) is 17.1. The zero-order chi connectivity index (χ0) is 20.0. The minimum absolute atomic E-state index is 0.00824. The number of aromatic nitrogens is 2. The fraction of sp³-hybridized carbons (Fsp3) is 0.545. The molecule has 1 aromatic carbocycles. The fourth-order valence-electron chi connectivity index (χ4n) is 3.88. The number of hydrogen-bond donors (Lipinski definition) is 1. The summed E-state index contributed by atoms with van der Waals surface area (Å²) in [6.45, 7) is 8.40. The molecule has 0 saturated carbocycles. The third-order valence-electron chi connectivity index (χ3n) is 5.43. The highest BCUT2D eigenvalue weighted by Crippen LogP contribution is 2.37. The lowest BCUT2D eigenvalue weighted by Crippen LogP contribution is -2.34. The van der Waals surface area contributed by atoms with Crippen molar-refractivity contribution in [1.29, 1.82) is 0 Å². The van der Waals surface area contributed by atoms with Crippen LogP contribution in [0.3, 0.4) is 0 Å². The maximum atomic E-state index is 12.5. The fourth-order valence-corrected chi connectivity index (χ4v) is 3.88. The van der Waals surface area contributed by atoms with Crippen LogP contribution in [-0.2, 0) is 9.47 Å². The molecular weight excluding hydrogens is 354 g/mol. The second kappa shape index (κ2) is 9.34. The number of carbonyl (C=O) groups is 1. The maximum Gasteiger partial charge on any atom is 0.254 e. The minimum atomic E-state index is -0.129. The van der Waals surface area contributed by atoms with Crippen molar-refractivity contribution >= 4 is 5.91 Å². The van der Waals surface area contributed by atoms with Gasteiger partial charge in [-0.05, 0) is 37.8 Å². The van der Waals surface area contributed by atoms with Crippen molar-refractivity contribution in [1.82, 2.24) is 15.1 Å². The number of para-hydroxylation sites is 1. The van der Waals surface area contributed by atoms with Gasteiger partial charge in [0.1, 0.15) is 0 Å². The van der Waals surface area contributed by atoms with Gasteiger partial charge in [-0.2, -0.15) is 5.10 Å². The van der Waals surface area contributed by atoms with Crippen molar-refractivity contribution in [2.24, 2.45) is 5.41 Å². The number of hydrogen-bond acceptors (Lipinski definition) is 4. The molecule has 28 heavy (non-hydrogen) atoms. The van der Waals surface area contributed by atoms with E-state index in [0.29, 0.717) is 25.3 Å². The Morgan fingerprint density at radius 1 is 1.29 bits per heavy atom. The molecule has 0 bridgehead atoms. The first kappa shape index (κ1) is 20.6. The molecule has 1 atom stereocenters. The first-order chi connectivity index (χ1) is 13.5. The predicted octanol–water partition coefficient (Wildman–Crippen LogP) is 3.87. The number of nitrogens with one attached hydrogen (secondary N) is 1. The molecule has 0 radical (unpaired) electrons. The molecule has 1 aromatic heterocycles. The monoisotopic (exact) mass is 385 g/mol. The van der Waals surface area contributed by atoms with Gasteiger partial charge in [0, 0.05) is 18.2 Å². The Bertz CT molecular complexity index is 783. The quantitative estimate of drug-likeness (QED) is 0.666. The van der Waals surface area contributed by atoms with Crippen LogP contribution >= 0.6 is 0 Å². The lowest BCUT2D eigenvalue weighted by atomic mass is 9.80. The van der Waals surface area contributed by atoms with Gasteiger partial charge in [-0.25, -0.2) is 4.68 Å². The van der Waals surface area contributed by atoms with E-state index < -0.39 is 0 Å². The van der Waals surface area contributed by atoms with E-state index in [2.05, 4.69) is 24.3 Å². The normalized spacial score (nSPS) is 16.8. The van der Waals surface area contributed by atoms with E-state index in [0.717, 1.165) is 36.9 Å². The van der Waals surface area contributed by atoms with E-state index >= 15 is 0 Å². The summed E-state index contributed by atoms with van der Waals surface area (Å²) in [7, 11) is 0. The summed E-state index contributed by atoms with van der Waals surface area (Å²) in [5, 5.41) is 7.34. The Kier molecular flexibility index (Phi) is 6.86. The second-order valence-electron chi connectivity index (χ2n) is 7.80. The van der Waals surface area contributed by atoms with Crippen LogP contribution in [0, 0.1) is 12.3 Å². The molecule has 1 saturated heterocycles. The van der Waals surface area contributed by atoms with Crippen LogP contribution in [-0.4, -0.2) is 41.7 Å². The summed E-state index contributed by atoms with van der Waals surface area (Å²) < 4.78 is 13.3. The van der Waals surface area contributed by atoms with Gasteiger partial charge >= 0.3 is 0 Å². The average Bonchev–Trinajstić information content (AvgIpc) is 3.38. The first-order valence-electron chi connectivity index (χ1n) is 10.2. The van der Waals surface area contributed by atoms with Crippen molar-refractivity contribution in [3.8, 4) is 5.69 Å². The van der Waals surface area contributed by atoms with Crippen molar-refractivity contribution < 1.29 is 14.3 Å². The standard InChI is InChI=1S/C22H31N3O3/c1-4-10-22(3,21-27-13-14-28-21)11-7-12-23-20(26)18-15-24-25(16-18)19-9-6-5-8-17(19)2/h5-6,8-9,15-16,21H,4,7,10-14H2,1-3H3,(H,23,26)/t22-/m0/s1. The summed E-state index contributed by atoms with van der Waals surface area (Å²) in [6, 6.07) is 7.98.